The molecule has 0 bridgehead atoms. The molecule has 0 radical (unpaired) electrons. The van der Waals surface area contributed by atoms with Crippen LogP contribution in [0.3, 0.4) is 0 Å². The summed E-state index contributed by atoms with van der Waals surface area (Å²) < 4.78 is 10.6. The summed E-state index contributed by atoms with van der Waals surface area (Å²) >= 11 is 0. The lowest BCUT2D eigenvalue weighted by atomic mass is 10.2. The first-order valence-electron chi connectivity index (χ1n) is 8.17. The minimum absolute atomic E-state index is 0.188. The fourth-order valence-corrected chi connectivity index (χ4v) is 1.85. The number of carbonyl (C=O) groups excluding carboxylic acids is 2. The first kappa shape index (κ1) is 20.0. The molecule has 0 unspecified atom stereocenters. The van der Waals surface area contributed by atoms with E-state index in [1.165, 1.54) is 0 Å². The Kier molecular flexibility index (Phi) is 7.71. The second-order valence-electron chi connectivity index (χ2n) is 6.74. The van der Waals surface area contributed by atoms with Gasteiger partial charge in [0.1, 0.15) is 5.60 Å². The van der Waals surface area contributed by atoms with E-state index in [0.29, 0.717) is 24.4 Å². The number of benzene rings is 1. The highest BCUT2D eigenvalue weighted by atomic mass is 16.6. The maximum Gasteiger partial charge on any atom is 0.412 e. The van der Waals surface area contributed by atoms with Crippen molar-refractivity contribution in [3.05, 3.63) is 29.8 Å². The second kappa shape index (κ2) is 9.27. The summed E-state index contributed by atoms with van der Waals surface area (Å²) in [4.78, 5) is 23.9. The van der Waals surface area contributed by atoms with Crippen LogP contribution in [0.4, 0.5) is 10.5 Å². The molecule has 0 atom stereocenters. The van der Waals surface area contributed by atoms with Crippen LogP contribution in [-0.2, 0) is 9.47 Å². The third-order valence-electron chi connectivity index (χ3n) is 2.83. The van der Waals surface area contributed by atoms with Gasteiger partial charge in [0.25, 0.3) is 5.91 Å². The zero-order valence-electron chi connectivity index (χ0n) is 15.1. The lowest BCUT2D eigenvalue weighted by molar-refractivity contribution is 0.0635. The topological polar surface area (TPSA) is 76.7 Å². The van der Waals surface area contributed by atoms with Gasteiger partial charge in [-0.1, -0.05) is 6.07 Å². The Morgan fingerprint density at radius 3 is 2.54 bits per heavy atom. The molecule has 0 aliphatic heterocycles. The van der Waals surface area contributed by atoms with Crippen molar-refractivity contribution in [3.8, 4) is 0 Å². The van der Waals surface area contributed by atoms with E-state index in [2.05, 4.69) is 10.6 Å². The Bertz CT molecular complexity index is 550. The zero-order chi connectivity index (χ0) is 18.2. The van der Waals surface area contributed by atoms with Gasteiger partial charge in [0, 0.05) is 24.4 Å². The molecular weight excluding hydrogens is 308 g/mol. The highest BCUT2D eigenvalue weighted by Crippen LogP contribution is 2.13. The number of hydrogen-bond donors (Lipinski definition) is 2. The maximum absolute atomic E-state index is 12.1. The molecule has 2 amide bonds. The number of nitrogens with one attached hydrogen (secondary N) is 2. The van der Waals surface area contributed by atoms with Crippen LogP contribution >= 0.6 is 0 Å². The Hall–Kier alpha value is -2.08. The van der Waals surface area contributed by atoms with E-state index in [1.807, 2.05) is 13.8 Å². The van der Waals surface area contributed by atoms with Crippen LogP contribution < -0.4 is 10.6 Å². The summed E-state index contributed by atoms with van der Waals surface area (Å²) in [6.07, 6.45) is 0.391. The van der Waals surface area contributed by atoms with E-state index in [4.69, 9.17) is 9.47 Å². The largest absolute Gasteiger partial charge is 0.444 e. The van der Waals surface area contributed by atoms with Gasteiger partial charge in [0.05, 0.1) is 6.10 Å². The third-order valence-corrected chi connectivity index (χ3v) is 2.83. The van der Waals surface area contributed by atoms with Gasteiger partial charge in [-0.25, -0.2) is 4.79 Å². The number of ether oxygens (including phenoxy) is 2. The van der Waals surface area contributed by atoms with Gasteiger partial charge in [-0.3, -0.25) is 10.1 Å². The quantitative estimate of drug-likeness (QED) is 0.746. The fourth-order valence-electron chi connectivity index (χ4n) is 1.85. The lowest BCUT2D eigenvalue weighted by Crippen LogP contribution is -2.27. The number of carbonyl (C=O) groups is 2. The molecule has 0 spiro atoms. The van der Waals surface area contributed by atoms with Crippen LogP contribution in [-0.4, -0.2) is 36.9 Å². The Morgan fingerprint density at radius 1 is 1.21 bits per heavy atom. The number of anilines is 1. The molecule has 0 aliphatic rings. The van der Waals surface area contributed by atoms with Gasteiger partial charge < -0.3 is 14.8 Å². The number of rotatable bonds is 7. The van der Waals surface area contributed by atoms with E-state index in [-0.39, 0.29) is 12.0 Å². The molecule has 0 heterocycles. The molecule has 2 N–H and O–H groups in total. The van der Waals surface area contributed by atoms with Crippen LogP contribution in [0.25, 0.3) is 0 Å². The van der Waals surface area contributed by atoms with E-state index in [1.54, 1.807) is 45.0 Å². The molecule has 0 aliphatic carbocycles. The number of hydrogen-bond acceptors (Lipinski definition) is 4. The van der Waals surface area contributed by atoms with Crippen molar-refractivity contribution < 1.29 is 19.1 Å². The Morgan fingerprint density at radius 2 is 1.92 bits per heavy atom. The fraction of sp³-hybridized carbons (Fsp3) is 0.556. The van der Waals surface area contributed by atoms with Gasteiger partial charge in [-0.05, 0) is 59.2 Å². The van der Waals surface area contributed by atoms with Crippen molar-refractivity contribution in [2.24, 2.45) is 0 Å². The summed E-state index contributed by atoms with van der Waals surface area (Å²) in [5.41, 5.74) is 0.422. The summed E-state index contributed by atoms with van der Waals surface area (Å²) in [5.74, 6) is -0.188. The number of amides is 2. The highest BCUT2D eigenvalue weighted by Gasteiger charge is 2.16. The summed E-state index contributed by atoms with van der Waals surface area (Å²) in [7, 11) is 0. The first-order valence-corrected chi connectivity index (χ1v) is 8.17. The van der Waals surface area contributed by atoms with E-state index >= 15 is 0 Å². The van der Waals surface area contributed by atoms with Crippen molar-refractivity contribution in [2.75, 3.05) is 18.5 Å². The normalized spacial score (nSPS) is 11.2. The molecule has 1 aromatic rings. The monoisotopic (exact) mass is 336 g/mol. The molecule has 1 aromatic carbocycles. The molecule has 0 saturated carbocycles. The van der Waals surface area contributed by atoms with Gasteiger partial charge in [0.2, 0.25) is 0 Å². The first-order chi connectivity index (χ1) is 11.2. The van der Waals surface area contributed by atoms with Crippen molar-refractivity contribution in [1.82, 2.24) is 5.32 Å². The summed E-state index contributed by atoms with van der Waals surface area (Å²) in [6, 6.07) is 6.73. The Balaban J connectivity index is 2.49. The van der Waals surface area contributed by atoms with Gasteiger partial charge >= 0.3 is 6.09 Å². The van der Waals surface area contributed by atoms with Crippen molar-refractivity contribution in [3.63, 3.8) is 0 Å². The van der Waals surface area contributed by atoms with Crippen LogP contribution in [0, 0.1) is 0 Å². The molecule has 0 fully saturated rings. The molecule has 0 aromatic heterocycles. The van der Waals surface area contributed by atoms with Crippen LogP contribution in [0.5, 0.6) is 0 Å². The minimum atomic E-state index is -0.572. The second-order valence-corrected chi connectivity index (χ2v) is 6.74. The van der Waals surface area contributed by atoms with E-state index in [0.717, 1.165) is 6.42 Å². The van der Waals surface area contributed by atoms with Crippen LogP contribution in [0.15, 0.2) is 24.3 Å². The van der Waals surface area contributed by atoms with E-state index in [9.17, 15) is 9.59 Å². The van der Waals surface area contributed by atoms with Crippen LogP contribution in [0.1, 0.15) is 51.4 Å². The molecule has 134 valence electrons. The summed E-state index contributed by atoms with van der Waals surface area (Å²) in [6.45, 7) is 10.5. The van der Waals surface area contributed by atoms with Crippen LogP contribution in [0.2, 0.25) is 0 Å². The predicted molar refractivity (Wildman–Crippen MR) is 94.3 cm³/mol. The average Bonchev–Trinajstić information content (AvgIpc) is 2.44. The van der Waals surface area contributed by atoms with Gasteiger partial charge in [-0.15, -0.1) is 0 Å². The SMILES string of the molecule is CC(C)OCCCNC(=O)c1cccc(NC(=O)OC(C)(C)C)c1. The van der Waals surface area contributed by atoms with Crippen molar-refractivity contribution in [2.45, 2.75) is 52.7 Å². The standard InChI is InChI=1S/C18H28N2O4/c1-13(2)23-11-7-10-19-16(21)14-8-6-9-15(12-14)20-17(22)24-18(3,4)5/h6,8-9,12-13H,7,10-11H2,1-5H3,(H,19,21)(H,20,22). The predicted octanol–water partition coefficient (Wildman–Crippen LogP) is 3.58. The molecule has 6 nitrogen and oxygen atoms in total. The highest BCUT2D eigenvalue weighted by molar-refractivity contribution is 5.96. The molecular formula is C18H28N2O4. The van der Waals surface area contributed by atoms with E-state index < -0.39 is 11.7 Å². The molecule has 6 heteroatoms. The average molecular weight is 336 g/mol. The zero-order valence-corrected chi connectivity index (χ0v) is 15.1. The minimum Gasteiger partial charge on any atom is -0.444 e. The third kappa shape index (κ3) is 8.53. The molecule has 24 heavy (non-hydrogen) atoms. The maximum atomic E-state index is 12.1. The smallest absolute Gasteiger partial charge is 0.412 e. The molecule has 1 rings (SSSR count). The summed E-state index contributed by atoms with van der Waals surface area (Å²) in [5, 5.41) is 5.45. The lowest BCUT2D eigenvalue weighted by Gasteiger charge is -2.19. The Labute approximate surface area is 143 Å². The van der Waals surface area contributed by atoms with Crippen molar-refractivity contribution >= 4 is 17.7 Å². The molecule has 0 saturated heterocycles. The van der Waals surface area contributed by atoms with Gasteiger partial charge in [-0.2, -0.15) is 0 Å². The van der Waals surface area contributed by atoms with Crippen molar-refractivity contribution in [1.29, 1.82) is 0 Å². The van der Waals surface area contributed by atoms with Gasteiger partial charge in [0.15, 0.2) is 0 Å².